The molecule has 4 nitrogen and oxygen atoms in total. The van der Waals surface area contributed by atoms with Gasteiger partial charge in [-0.3, -0.25) is 4.79 Å². The van der Waals surface area contributed by atoms with Gasteiger partial charge in [0, 0.05) is 12.3 Å². The van der Waals surface area contributed by atoms with Crippen LogP contribution in [0.1, 0.15) is 19.8 Å². The number of ketones is 1. The number of benzene rings is 1. The lowest BCUT2D eigenvalue weighted by Gasteiger charge is -2.29. The highest BCUT2D eigenvalue weighted by Gasteiger charge is 2.42. The number of hydrogen-bond donors (Lipinski definition) is 0. The van der Waals surface area contributed by atoms with E-state index in [9.17, 15) is 13.2 Å². The first-order valence-corrected chi connectivity index (χ1v) is 7.72. The van der Waals surface area contributed by atoms with E-state index in [-0.39, 0.29) is 23.0 Å². The predicted molar refractivity (Wildman–Crippen MR) is 69.9 cm³/mol. The molecule has 1 saturated carbocycles. The number of nitriles is 1. The molecule has 100 valence electrons. The van der Waals surface area contributed by atoms with Gasteiger partial charge in [0.1, 0.15) is 5.78 Å². The van der Waals surface area contributed by atoms with Crippen molar-refractivity contribution in [3.05, 3.63) is 30.3 Å². The number of carbonyl (C=O) groups is 1. The maximum absolute atomic E-state index is 12.5. The first-order chi connectivity index (χ1) is 8.96. The van der Waals surface area contributed by atoms with E-state index in [1.165, 1.54) is 12.1 Å². The zero-order valence-electron chi connectivity index (χ0n) is 10.6. The minimum Gasteiger partial charge on any atom is -0.299 e. The van der Waals surface area contributed by atoms with Crippen molar-refractivity contribution >= 4 is 15.6 Å². The Morgan fingerprint density at radius 2 is 1.89 bits per heavy atom. The van der Waals surface area contributed by atoms with E-state index in [2.05, 4.69) is 0 Å². The Morgan fingerprint density at radius 1 is 1.26 bits per heavy atom. The molecule has 1 fully saturated rings. The third-order valence-corrected chi connectivity index (χ3v) is 5.87. The average molecular weight is 277 g/mol. The number of rotatable bonds is 2. The number of carbonyl (C=O) groups excluding carboxylic acids is 1. The normalized spacial score (nSPS) is 27.8. The quantitative estimate of drug-likeness (QED) is 0.828. The van der Waals surface area contributed by atoms with Gasteiger partial charge in [0.05, 0.1) is 22.1 Å². The average Bonchev–Trinajstić information content (AvgIpc) is 2.42. The fourth-order valence-corrected chi connectivity index (χ4v) is 4.33. The minimum absolute atomic E-state index is 0.0589. The van der Waals surface area contributed by atoms with Gasteiger partial charge in [-0.25, -0.2) is 8.42 Å². The molecule has 0 aromatic heterocycles. The minimum atomic E-state index is -3.62. The lowest BCUT2D eigenvalue weighted by molar-refractivity contribution is -0.124. The Bertz CT molecular complexity index is 616. The summed E-state index contributed by atoms with van der Waals surface area (Å²) >= 11 is 0. The molecule has 1 aromatic rings. The van der Waals surface area contributed by atoms with Crippen LogP contribution in [0.5, 0.6) is 0 Å². The summed E-state index contributed by atoms with van der Waals surface area (Å²) in [4.78, 5) is 12.0. The summed E-state index contributed by atoms with van der Waals surface area (Å²) in [5.74, 6) is -0.916. The highest BCUT2D eigenvalue weighted by atomic mass is 32.2. The second kappa shape index (κ2) is 5.14. The molecule has 1 unspecified atom stereocenters. The summed E-state index contributed by atoms with van der Waals surface area (Å²) < 4.78 is 25.0. The molecule has 0 saturated heterocycles. The van der Waals surface area contributed by atoms with Crippen molar-refractivity contribution in [1.29, 1.82) is 5.26 Å². The van der Waals surface area contributed by atoms with E-state index in [0.717, 1.165) is 0 Å². The molecule has 0 aliphatic heterocycles. The fraction of sp³-hybridized carbons (Fsp3) is 0.429. The molecule has 3 atom stereocenters. The van der Waals surface area contributed by atoms with Crippen molar-refractivity contribution in [3.8, 4) is 6.07 Å². The third-order valence-electron chi connectivity index (χ3n) is 3.64. The van der Waals surface area contributed by atoms with E-state index in [0.29, 0.717) is 6.42 Å². The largest absolute Gasteiger partial charge is 0.299 e. The smallest absolute Gasteiger partial charge is 0.182 e. The highest BCUT2D eigenvalue weighted by molar-refractivity contribution is 7.92. The van der Waals surface area contributed by atoms with Crippen LogP contribution in [-0.2, 0) is 14.6 Å². The Hall–Kier alpha value is -1.67. The predicted octanol–water partition coefficient (Wildman–Crippen LogP) is 1.97. The molecule has 19 heavy (non-hydrogen) atoms. The molecule has 0 N–H and O–H groups in total. The molecule has 0 bridgehead atoms. The van der Waals surface area contributed by atoms with Gasteiger partial charge >= 0.3 is 0 Å². The van der Waals surface area contributed by atoms with Crippen molar-refractivity contribution in [1.82, 2.24) is 0 Å². The number of sulfone groups is 1. The van der Waals surface area contributed by atoms with Crippen LogP contribution in [0, 0.1) is 23.2 Å². The van der Waals surface area contributed by atoms with E-state index in [1.807, 2.05) is 6.07 Å². The van der Waals surface area contributed by atoms with Crippen molar-refractivity contribution in [3.63, 3.8) is 0 Å². The number of Topliss-reactive ketones (excluding diaryl/α,β-unsaturated/α-hetero) is 1. The van der Waals surface area contributed by atoms with Gasteiger partial charge in [0.25, 0.3) is 0 Å². The SMILES string of the molecule is CC1C[C@H](C#N)[C@@H](S(=O)(=O)c2ccccc2)CC1=O. The molecule has 0 amide bonds. The van der Waals surface area contributed by atoms with E-state index in [4.69, 9.17) is 5.26 Å². The molecule has 1 aromatic carbocycles. The number of nitrogens with zero attached hydrogens (tertiary/aromatic N) is 1. The molecule has 1 aliphatic carbocycles. The molecule has 5 heteroatoms. The summed E-state index contributed by atoms with van der Waals surface area (Å²) in [5.41, 5.74) is 0. The van der Waals surface area contributed by atoms with Crippen molar-refractivity contribution in [2.45, 2.75) is 29.9 Å². The van der Waals surface area contributed by atoms with Gasteiger partial charge in [-0.05, 0) is 18.6 Å². The Labute approximate surface area is 113 Å². The summed E-state index contributed by atoms with van der Waals surface area (Å²) in [7, 11) is -3.62. The monoisotopic (exact) mass is 277 g/mol. The van der Waals surface area contributed by atoms with Crippen LogP contribution in [0.4, 0.5) is 0 Å². The van der Waals surface area contributed by atoms with Gasteiger partial charge in [0.15, 0.2) is 9.84 Å². The van der Waals surface area contributed by atoms with Crippen LogP contribution in [0.15, 0.2) is 35.2 Å². The molecule has 0 spiro atoms. The van der Waals surface area contributed by atoms with Crippen molar-refractivity contribution in [2.75, 3.05) is 0 Å². The van der Waals surface area contributed by atoms with Crippen LogP contribution < -0.4 is 0 Å². The molecular formula is C14H15NO3S. The van der Waals surface area contributed by atoms with Crippen LogP contribution in [0.25, 0.3) is 0 Å². The van der Waals surface area contributed by atoms with E-state index < -0.39 is 21.0 Å². The fourth-order valence-electron chi connectivity index (χ4n) is 2.45. The van der Waals surface area contributed by atoms with Crippen LogP contribution >= 0.6 is 0 Å². The van der Waals surface area contributed by atoms with Gasteiger partial charge in [-0.2, -0.15) is 5.26 Å². The molecular weight excluding hydrogens is 262 g/mol. The van der Waals surface area contributed by atoms with E-state index in [1.54, 1.807) is 25.1 Å². The van der Waals surface area contributed by atoms with Crippen LogP contribution in [0.3, 0.4) is 0 Å². The van der Waals surface area contributed by atoms with Crippen LogP contribution in [0.2, 0.25) is 0 Å². The number of hydrogen-bond acceptors (Lipinski definition) is 4. The van der Waals surface area contributed by atoms with Crippen LogP contribution in [-0.4, -0.2) is 19.5 Å². The van der Waals surface area contributed by atoms with Gasteiger partial charge < -0.3 is 0 Å². The maximum atomic E-state index is 12.5. The van der Waals surface area contributed by atoms with Crippen molar-refractivity contribution < 1.29 is 13.2 Å². The Balaban J connectivity index is 2.40. The summed E-state index contributed by atoms with van der Waals surface area (Å²) in [5, 5.41) is 8.24. The highest BCUT2D eigenvalue weighted by Crippen LogP contribution is 2.33. The topological polar surface area (TPSA) is 75.0 Å². The van der Waals surface area contributed by atoms with E-state index >= 15 is 0 Å². The summed E-state index contributed by atoms with van der Waals surface area (Å²) in [6.45, 7) is 1.75. The Morgan fingerprint density at radius 3 is 2.47 bits per heavy atom. The standard InChI is InChI=1S/C14H15NO3S/c1-10-7-11(9-15)14(8-13(10)16)19(17,18)12-5-3-2-4-6-12/h2-6,10-11,14H,7-8H2,1H3/t10?,11-,14+/m1/s1. The zero-order valence-corrected chi connectivity index (χ0v) is 11.4. The van der Waals surface area contributed by atoms with Gasteiger partial charge in [-0.1, -0.05) is 25.1 Å². The van der Waals surface area contributed by atoms with Crippen molar-refractivity contribution in [2.24, 2.45) is 11.8 Å². The lowest BCUT2D eigenvalue weighted by atomic mass is 9.82. The lowest BCUT2D eigenvalue weighted by Crippen LogP contribution is -2.39. The first-order valence-electron chi connectivity index (χ1n) is 6.18. The summed E-state index contributed by atoms with van der Waals surface area (Å²) in [6, 6.07) is 10.1. The Kier molecular flexibility index (Phi) is 3.72. The van der Waals surface area contributed by atoms with Gasteiger partial charge in [0.2, 0.25) is 0 Å². The first kappa shape index (κ1) is 13.8. The zero-order chi connectivity index (χ0) is 14.0. The molecule has 1 aliphatic rings. The summed E-state index contributed by atoms with van der Waals surface area (Å²) in [6.07, 6.45) is 0.267. The second-order valence-corrected chi connectivity index (χ2v) is 7.11. The molecule has 2 rings (SSSR count). The van der Waals surface area contributed by atoms with Gasteiger partial charge in [-0.15, -0.1) is 0 Å². The maximum Gasteiger partial charge on any atom is 0.182 e. The molecule has 0 heterocycles. The third kappa shape index (κ3) is 2.54. The second-order valence-electron chi connectivity index (χ2n) is 4.94. The molecule has 0 radical (unpaired) electrons.